The zero-order chi connectivity index (χ0) is 64.7. The van der Waals surface area contributed by atoms with Crippen LogP contribution in [0.15, 0.2) is 48.6 Å². The number of carbonyl (C=O) groups excluding carboxylic acids is 2. The quantitative estimate of drug-likeness (QED) is 0.0211. The molecule has 0 radical (unpaired) electrons. The number of nitrogens with zero attached hydrogens (tertiary/aromatic N) is 1. The smallest absolute Gasteiger partial charge is 0.361 e. The van der Waals surface area contributed by atoms with Crippen molar-refractivity contribution in [1.29, 1.82) is 0 Å². The van der Waals surface area contributed by atoms with E-state index in [1.54, 1.807) is 0 Å². The molecule has 9 nitrogen and oxygen atoms in total. The molecule has 0 aliphatic carbocycles. The molecule has 0 aromatic heterocycles. The van der Waals surface area contributed by atoms with Gasteiger partial charge in [-0.15, -0.1) is 0 Å². The molecule has 0 bridgehead atoms. The highest BCUT2D eigenvalue weighted by atomic mass is 16.7. The van der Waals surface area contributed by atoms with E-state index in [1.165, 1.54) is 302 Å². The van der Waals surface area contributed by atoms with Crippen LogP contribution in [0.25, 0.3) is 0 Å². The van der Waals surface area contributed by atoms with E-state index in [0.717, 1.165) is 57.8 Å². The van der Waals surface area contributed by atoms with Crippen molar-refractivity contribution >= 4 is 17.9 Å². The Bertz CT molecular complexity index is 1600. The van der Waals surface area contributed by atoms with Gasteiger partial charge < -0.3 is 28.5 Å². The van der Waals surface area contributed by atoms with Crippen molar-refractivity contribution in [2.75, 3.05) is 47.5 Å². The van der Waals surface area contributed by atoms with Gasteiger partial charge >= 0.3 is 17.9 Å². The molecule has 0 aromatic rings. The van der Waals surface area contributed by atoms with Crippen LogP contribution in [0.1, 0.15) is 386 Å². The van der Waals surface area contributed by atoms with Gasteiger partial charge in [0.1, 0.15) is 13.2 Å². The summed E-state index contributed by atoms with van der Waals surface area (Å²) in [4.78, 5) is 37.7. The molecule has 0 aliphatic heterocycles. The third-order valence-electron chi connectivity index (χ3n) is 17.6. The molecule has 89 heavy (non-hydrogen) atoms. The monoisotopic (exact) mass is 1250 g/mol. The van der Waals surface area contributed by atoms with Gasteiger partial charge in [0.05, 0.1) is 34.4 Å². The lowest BCUT2D eigenvalue weighted by molar-refractivity contribution is -0.870. The number of carbonyl (C=O) groups is 3. The highest BCUT2D eigenvalue weighted by molar-refractivity contribution is 5.71. The maximum absolute atomic E-state index is 13.0. The largest absolute Gasteiger partial charge is 0.477 e. The third-order valence-corrected chi connectivity index (χ3v) is 17.6. The molecular formula is C80H150NO8+. The SMILES string of the molecule is CCCCCCC/C=C\C/C=C\C/C=C\CCCCCCCCCCCCC(=O)OC(COC(=O)CCCCCCCCCCCCCCCCCCCCCCCCCCCCC/C=C\CCCCCCCCCC)COC(OCC[N+](C)(C)C)C(=O)O. The summed E-state index contributed by atoms with van der Waals surface area (Å²) in [6.07, 6.45) is 89.8. The van der Waals surface area contributed by atoms with Gasteiger partial charge in [-0.3, -0.25) is 9.59 Å². The highest BCUT2D eigenvalue weighted by Crippen LogP contribution is 2.19. The third kappa shape index (κ3) is 72.5. The molecule has 0 spiro atoms. The zero-order valence-corrected chi connectivity index (χ0v) is 59.9. The summed E-state index contributed by atoms with van der Waals surface area (Å²) in [5.74, 6) is -1.99. The predicted molar refractivity (Wildman–Crippen MR) is 383 cm³/mol. The Morgan fingerprint density at radius 2 is 0.607 bits per heavy atom. The van der Waals surface area contributed by atoms with Crippen molar-refractivity contribution in [2.45, 2.75) is 399 Å². The molecule has 2 unspecified atom stereocenters. The van der Waals surface area contributed by atoms with Crippen LogP contribution in [0, 0.1) is 0 Å². The number of aliphatic carboxylic acids is 1. The van der Waals surface area contributed by atoms with E-state index in [4.69, 9.17) is 18.9 Å². The van der Waals surface area contributed by atoms with Crippen LogP contribution in [0.2, 0.25) is 0 Å². The number of hydrogen-bond donors (Lipinski definition) is 1. The van der Waals surface area contributed by atoms with Crippen LogP contribution in [-0.4, -0.2) is 87.4 Å². The lowest BCUT2D eigenvalue weighted by Gasteiger charge is -2.25. The molecule has 522 valence electrons. The molecule has 1 N–H and O–H groups in total. The average Bonchev–Trinajstić information content (AvgIpc) is 3.64. The Morgan fingerprint density at radius 1 is 0.337 bits per heavy atom. The fourth-order valence-electron chi connectivity index (χ4n) is 11.6. The minimum Gasteiger partial charge on any atom is -0.477 e. The Kier molecular flexibility index (Phi) is 68.9. The minimum absolute atomic E-state index is 0.180. The number of unbranched alkanes of at least 4 members (excludes halogenated alkanes) is 50. The lowest BCUT2D eigenvalue weighted by atomic mass is 10.0. The number of quaternary nitrogens is 1. The normalized spacial score (nSPS) is 12.9. The van der Waals surface area contributed by atoms with E-state index in [1.807, 2.05) is 21.1 Å². The van der Waals surface area contributed by atoms with E-state index in [-0.39, 0.29) is 32.2 Å². The van der Waals surface area contributed by atoms with Gasteiger partial charge in [-0.2, -0.15) is 0 Å². The van der Waals surface area contributed by atoms with Gasteiger partial charge in [-0.1, -0.05) is 345 Å². The van der Waals surface area contributed by atoms with Crippen LogP contribution in [0.3, 0.4) is 0 Å². The lowest BCUT2D eigenvalue weighted by Crippen LogP contribution is -2.40. The summed E-state index contributed by atoms with van der Waals surface area (Å²) >= 11 is 0. The number of hydrogen-bond acceptors (Lipinski definition) is 7. The number of ether oxygens (including phenoxy) is 4. The number of carboxylic acids is 1. The van der Waals surface area contributed by atoms with E-state index in [2.05, 4.69) is 62.5 Å². The standard InChI is InChI=1S/C80H149NO8/c1-6-8-10-12-14-16-18-20-22-24-26-28-30-32-33-34-35-36-37-38-39-40-41-42-43-44-45-47-48-50-52-54-56-58-60-62-64-66-68-70-77(82)87-74-76(75-88-80(79(84)85)86-73-72-81(3,4)5)89-78(83)71-69-67-65-63-61-59-57-55-53-51-49-46-31-29-27-25-23-21-19-17-15-13-11-9-7-2/h19,21,24-27,31,46,76,80H,6-18,20,22-23,28-30,32-45,47-75H2,1-5H3/p+1/b21-19-,26-24-,27-25-,46-31-. The van der Waals surface area contributed by atoms with Crippen molar-refractivity contribution in [3.63, 3.8) is 0 Å². The first-order valence-corrected chi connectivity index (χ1v) is 38.8. The minimum atomic E-state index is -1.51. The molecule has 0 aliphatic rings. The predicted octanol–water partition coefficient (Wildman–Crippen LogP) is 24.5. The first-order valence-electron chi connectivity index (χ1n) is 38.8. The van der Waals surface area contributed by atoms with Crippen LogP contribution < -0.4 is 0 Å². The van der Waals surface area contributed by atoms with E-state index in [0.29, 0.717) is 17.4 Å². The summed E-state index contributed by atoms with van der Waals surface area (Å²) in [6.45, 7) is 4.92. The first kappa shape index (κ1) is 86.2. The Balaban J connectivity index is 3.96. The molecule has 0 heterocycles. The number of rotatable bonds is 73. The highest BCUT2D eigenvalue weighted by Gasteiger charge is 2.25. The summed E-state index contributed by atoms with van der Waals surface area (Å²) in [5.41, 5.74) is 0. The maximum Gasteiger partial charge on any atom is 0.361 e. The molecule has 2 atom stereocenters. The Morgan fingerprint density at radius 3 is 0.910 bits per heavy atom. The van der Waals surface area contributed by atoms with Crippen molar-refractivity contribution in [3.05, 3.63) is 48.6 Å². The average molecular weight is 1250 g/mol. The van der Waals surface area contributed by atoms with Gasteiger partial charge in [-0.25, -0.2) is 4.79 Å². The van der Waals surface area contributed by atoms with E-state index < -0.39 is 24.3 Å². The number of allylic oxidation sites excluding steroid dienone is 8. The molecule has 0 saturated carbocycles. The number of carboxylic acid groups (broad SMARTS) is 1. The summed E-state index contributed by atoms with van der Waals surface area (Å²) in [5, 5.41) is 9.76. The second-order valence-electron chi connectivity index (χ2n) is 27.7. The van der Waals surface area contributed by atoms with Gasteiger partial charge in [0.2, 0.25) is 0 Å². The first-order chi connectivity index (χ1) is 43.6. The molecule has 0 aromatic carbocycles. The molecule has 0 amide bonds. The molecule has 0 fully saturated rings. The van der Waals surface area contributed by atoms with Gasteiger partial charge in [0.15, 0.2) is 6.10 Å². The fourth-order valence-corrected chi connectivity index (χ4v) is 11.6. The molecule has 9 heteroatoms. The zero-order valence-electron chi connectivity index (χ0n) is 59.9. The van der Waals surface area contributed by atoms with Crippen molar-refractivity contribution in [3.8, 4) is 0 Å². The van der Waals surface area contributed by atoms with Crippen LogP contribution >= 0.6 is 0 Å². The van der Waals surface area contributed by atoms with Gasteiger partial charge in [0.25, 0.3) is 6.29 Å². The summed E-state index contributed by atoms with van der Waals surface area (Å²) in [6, 6.07) is 0. The van der Waals surface area contributed by atoms with Crippen molar-refractivity contribution in [2.24, 2.45) is 0 Å². The number of likely N-dealkylation sites (N-methyl/N-ethyl adjacent to an activating group) is 1. The van der Waals surface area contributed by atoms with E-state index in [9.17, 15) is 19.5 Å². The molecule has 0 rings (SSSR count). The Hall–Kier alpha value is -2.75. The summed E-state index contributed by atoms with van der Waals surface area (Å²) in [7, 11) is 5.99. The summed E-state index contributed by atoms with van der Waals surface area (Å²) < 4.78 is 23.0. The van der Waals surface area contributed by atoms with Crippen LogP contribution in [-0.2, 0) is 33.3 Å². The fraction of sp³-hybridized carbons (Fsp3) is 0.863. The van der Waals surface area contributed by atoms with Crippen LogP contribution in [0.4, 0.5) is 0 Å². The van der Waals surface area contributed by atoms with E-state index >= 15 is 0 Å². The number of esters is 2. The molecule has 0 saturated heterocycles. The molecular weight excluding hydrogens is 1100 g/mol. The maximum atomic E-state index is 13.0. The second-order valence-corrected chi connectivity index (χ2v) is 27.7. The van der Waals surface area contributed by atoms with Gasteiger partial charge in [-0.05, 0) is 77.0 Å². The Labute approximate surface area is 553 Å². The van der Waals surface area contributed by atoms with Crippen molar-refractivity contribution in [1.82, 2.24) is 0 Å². The van der Waals surface area contributed by atoms with Crippen LogP contribution in [0.5, 0.6) is 0 Å². The van der Waals surface area contributed by atoms with Crippen molar-refractivity contribution < 1.29 is 42.9 Å². The van der Waals surface area contributed by atoms with Gasteiger partial charge in [0, 0.05) is 12.8 Å². The topological polar surface area (TPSA) is 108 Å². The second kappa shape index (κ2) is 71.1.